The van der Waals surface area contributed by atoms with Gasteiger partial charge in [0.2, 0.25) is 29.7 Å². The number of nitrogens with zero attached hydrogens (tertiary/aromatic N) is 1. The van der Waals surface area contributed by atoms with E-state index in [0.29, 0.717) is 0 Å². The molecule has 7 nitrogen and oxygen atoms in total. The summed E-state index contributed by atoms with van der Waals surface area (Å²) in [6.07, 6.45) is -0.436. The number of rotatable bonds is 12. The van der Waals surface area contributed by atoms with Crippen LogP contribution >= 0.6 is 0 Å². The summed E-state index contributed by atoms with van der Waals surface area (Å²) in [5.74, 6) is 0. The van der Waals surface area contributed by atoms with Gasteiger partial charge >= 0.3 is 0 Å². The topological polar surface area (TPSA) is 106 Å². The Morgan fingerprint density at radius 2 is 1.00 bits per heavy atom. The van der Waals surface area contributed by atoms with Gasteiger partial charge in [-0.25, -0.2) is 25.3 Å². The van der Waals surface area contributed by atoms with Gasteiger partial charge in [-0.1, -0.05) is 67.3 Å². The summed E-state index contributed by atoms with van der Waals surface area (Å²) in [6.45, 7) is 8.32. The highest BCUT2D eigenvalue weighted by Gasteiger charge is 2.29. The van der Waals surface area contributed by atoms with E-state index < -0.39 is 29.7 Å². The fourth-order valence-corrected chi connectivity index (χ4v) is 7.92. The van der Waals surface area contributed by atoms with Gasteiger partial charge in [0.05, 0.1) is 24.5 Å². The van der Waals surface area contributed by atoms with Gasteiger partial charge in [0.15, 0.2) is 0 Å². The minimum absolute atomic E-state index is 0.00167. The lowest BCUT2D eigenvalue weighted by molar-refractivity contribution is 0.419. The largest absolute Gasteiger partial charge is 0.243 e. The first-order valence-electron chi connectivity index (χ1n) is 11.9. The molecule has 0 heterocycles. The normalized spacial score (nSPS) is 11.9. The summed E-state index contributed by atoms with van der Waals surface area (Å²) in [5.41, 5.74) is 5.76. The molecule has 0 saturated heterocycles. The lowest BCUT2D eigenvalue weighted by Crippen LogP contribution is -2.34. The van der Waals surface area contributed by atoms with Crippen LogP contribution in [0.3, 0.4) is 0 Å². The Morgan fingerprint density at radius 3 is 1.36 bits per heavy atom. The highest BCUT2D eigenvalue weighted by atomic mass is 32.2. The van der Waals surface area contributed by atoms with Crippen molar-refractivity contribution >= 4 is 29.7 Å². The number of benzene rings is 3. The number of hydrogen-bond donors (Lipinski definition) is 0. The Labute approximate surface area is 231 Å². The highest BCUT2D eigenvalue weighted by molar-refractivity contribution is 7.95. The second-order valence-electron chi connectivity index (χ2n) is 8.55. The zero-order valence-electron chi connectivity index (χ0n) is 21.4. The molecule has 0 spiro atoms. The fraction of sp³-hybridized carbons (Fsp3) is 0.172. The zero-order chi connectivity index (χ0) is 28.7. The quantitative estimate of drug-likeness (QED) is 0.276. The third kappa shape index (κ3) is 6.94. The molecule has 0 N–H and O–H groups in total. The predicted octanol–water partition coefficient (Wildman–Crippen LogP) is 5.05. The monoisotopic (exact) mass is 583 g/mol. The first-order chi connectivity index (χ1) is 18.4. The molecular formula is C29H29NO6S3. The van der Waals surface area contributed by atoms with Crippen molar-refractivity contribution in [3.63, 3.8) is 0 Å². The molecule has 0 radical (unpaired) electrons. The van der Waals surface area contributed by atoms with Gasteiger partial charge in [0.1, 0.15) is 0 Å². The minimum Gasteiger partial charge on any atom is -0.218 e. The van der Waals surface area contributed by atoms with Crippen molar-refractivity contribution in [2.75, 3.05) is 13.1 Å². The molecule has 0 aromatic heterocycles. The van der Waals surface area contributed by atoms with Crippen molar-refractivity contribution in [1.82, 2.24) is 4.31 Å². The van der Waals surface area contributed by atoms with E-state index in [0.717, 1.165) is 9.87 Å². The van der Waals surface area contributed by atoms with Gasteiger partial charge < -0.3 is 0 Å². The Bertz CT molecular complexity index is 1640. The van der Waals surface area contributed by atoms with Crippen LogP contribution in [0.5, 0.6) is 0 Å². The van der Waals surface area contributed by atoms with Crippen LogP contribution in [0.1, 0.15) is 18.4 Å². The third-order valence-electron chi connectivity index (χ3n) is 5.99. The van der Waals surface area contributed by atoms with E-state index in [9.17, 15) is 25.3 Å². The van der Waals surface area contributed by atoms with Crippen molar-refractivity contribution < 1.29 is 25.3 Å². The number of aryl methyl sites for hydroxylation is 1. The van der Waals surface area contributed by atoms with Gasteiger partial charge in [0.25, 0.3) is 0 Å². The van der Waals surface area contributed by atoms with E-state index in [2.05, 4.69) is 24.6 Å². The Balaban J connectivity index is 1.94. The fourth-order valence-electron chi connectivity index (χ4n) is 3.78. The molecule has 3 aromatic carbocycles. The first-order valence-corrected chi connectivity index (χ1v) is 16.3. The number of hydrogen-bond acceptors (Lipinski definition) is 6. The predicted molar refractivity (Wildman–Crippen MR) is 152 cm³/mol. The number of sulfone groups is 2. The average Bonchev–Trinajstić information content (AvgIpc) is 2.93. The van der Waals surface area contributed by atoms with Crippen molar-refractivity contribution in [3.8, 4) is 0 Å². The van der Waals surface area contributed by atoms with E-state index in [1.807, 2.05) is 6.92 Å². The number of sulfonamides is 1. The van der Waals surface area contributed by atoms with E-state index in [4.69, 9.17) is 0 Å². The summed E-state index contributed by atoms with van der Waals surface area (Å²) < 4.78 is 80.8. The Kier molecular flexibility index (Phi) is 9.69. The molecule has 0 aliphatic carbocycles. The van der Waals surface area contributed by atoms with Gasteiger partial charge in [-0.15, -0.1) is 11.5 Å². The lowest BCUT2D eigenvalue weighted by atomic mass is 10.2. The molecule has 0 bridgehead atoms. The van der Waals surface area contributed by atoms with Crippen LogP contribution in [-0.2, 0) is 29.7 Å². The summed E-state index contributed by atoms with van der Waals surface area (Å²) in [7, 11) is -12.0. The van der Waals surface area contributed by atoms with Crippen LogP contribution in [0.25, 0.3) is 0 Å². The summed E-state index contributed by atoms with van der Waals surface area (Å²) in [5, 5.41) is 0. The standard InChI is InChI=1S/C29H29NO6S3/c1-4-25(37(31,32)27-12-8-6-9-13-27)20-22-30(39(35,36)29-18-16-24(3)17-19-29)23-21-26(5-2)38(33,34)28-14-10-7-11-15-28/h6-19H,1-2,20-23H2,3H3. The average molecular weight is 584 g/mol. The van der Waals surface area contributed by atoms with Crippen molar-refractivity contribution in [2.45, 2.75) is 34.5 Å². The summed E-state index contributed by atoms with van der Waals surface area (Å²) in [4.78, 5) is -0.272. The van der Waals surface area contributed by atoms with Crippen molar-refractivity contribution in [2.24, 2.45) is 0 Å². The SMILES string of the molecule is C=C=C(CCN(CCC(=C=C)S(=O)(=O)c1ccccc1)S(=O)(=O)c1ccc(C)cc1)S(=O)(=O)c1ccccc1. The van der Waals surface area contributed by atoms with Crippen LogP contribution in [0.15, 0.2) is 134 Å². The van der Waals surface area contributed by atoms with Crippen LogP contribution in [0, 0.1) is 6.92 Å². The summed E-state index contributed by atoms with van der Waals surface area (Å²) >= 11 is 0. The lowest BCUT2D eigenvalue weighted by Gasteiger charge is -2.23. The molecule has 10 heteroatoms. The first kappa shape index (κ1) is 30.1. The molecule has 0 amide bonds. The van der Waals surface area contributed by atoms with Crippen LogP contribution in [0.2, 0.25) is 0 Å². The maximum Gasteiger partial charge on any atom is 0.243 e. The van der Waals surface area contributed by atoms with Crippen molar-refractivity contribution in [1.29, 1.82) is 0 Å². The molecule has 0 unspecified atom stereocenters. The zero-order valence-corrected chi connectivity index (χ0v) is 23.9. The third-order valence-corrected chi connectivity index (χ3v) is 11.7. The van der Waals surface area contributed by atoms with E-state index in [-0.39, 0.29) is 50.4 Å². The molecule has 0 saturated carbocycles. The van der Waals surface area contributed by atoms with Gasteiger partial charge in [0, 0.05) is 25.9 Å². The molecule has 0 aliphatic heterocycles. The van der Waals surface area contributed by atoms with Crippen molar-refractivity contribution in [3.05, 3.63) is 125 Å². The smallest absolute Gasteiger partial charge is 0.218 e. The molecular weight excluding hydrogens is 555 g/mol. The van der Waals surface area contributed by atoms with E-state index >= 15 is 0 Å². The van der Waals surface area contributed by atoms with E-state index in [1.54, 1.807) is 48.5 Å². The Hall–Kier alpha value is -3.49. The van der Waals surface area contributed by atoms with Crippen LogP contribution < -0.4 is 0 Å². The molecule has 3 rings (SSSR count). The Morgan fingerprint density at radius 1 is 0.615 bits per heavy atom. The molecule has 0 atom stereocenters. The van der Waals surface area contributed by atoms with Crippen LogP contribution in [-0.4, -0.2) is 42.6 Å². The van der Waals surface area contributed by atoms with Gasteiger partial charge in [-0.2, -0.15) is 4.31 Å². The maximum absolute atomic E-state index is 13.6. The molecule has 0 fully saturated rings. The molecule has 204 valence electrons. The highest BCUT2D eigenvalue weighted by Crippen LogP contribution is 2.26. The van der Waals surface area contributed by atoms with Gasteiger partial charge in [-0.3, -0.25) is 0 Å². The van der Waals surface area contributed by atoms with Gasteiger partial charge in [-0.05, 0) is 43.3 Å². The molecule has 39 heavy (non-hydrogen) atoms. The maximum atomic E-state index is 13.6. The van der Waals surface area contributed by atoms with Crippen LogP contribution in [0.4, 0.5) is 0 Å². The molecule has 0 aliphatic rings. The minimum atomic E-state index is -4.13. The second kappa shape index (κ2) is 12.6. The van der Waals surface area contributed by atoms with E-state index in [1.165, 1.54) is 36.4 Å². The summed E-state index contributed by atoms with van der Waals surface area (Å²) in [6, 6.07) is 21.6. The second-order valence-corrected chi connectivity index (χ2v) is 14.4. The molecule has 3 aromatic rings.